The fraction of sp³-hybridized carbons (Fsp3) is 0.235. The van der Waals surface area contributed by atoms with Crippen LogP contribution in [0.2, 0.25) is 0 Å². The molecule has 0 amide bonds. The van der Waals surface area contributed by atoms with Crippen LogP contribution in [-0.4, -0.2) is 5.97 Å². The van der Waals surface area contributed by atoms with Gasteiger partial charge in [-0.3, -0.25) is 0 Å². The Hall–Kier alpha value is -2.09. The first-order chi connectivity index (χ1) is 8.99. The van der Waals surface area contributed by atoms with Crippen LogP contribution in [0.25, 0.3) is 0 Å². The van der Waals surface area contributed by atoms with Crippen LogP contribution in [0.5, 0.6) is 5.75 Å². The van der Waals surface area contributed by atoms with Crippen molar-refractivity contribution in [3.63, 3.8) is 0 Å². The van der Waals surface area contributed by atoms with Crippen LogP contribution in [-0.2, 0) is 0 Å². The number of hydrogen-bond acceptors (Lipinski definition) is 2. The van der Waals surface area contributed by atoms with Gasteiger partial charge in [-0.2, -0.15) is 0 Å². The zero-order valence-electron chi connectivity index (χ0n) is 11.8. The fourth-order valence-corrected chi connectivity index (χ4v) is 1.89. The summed E-state index contributed by atoms with van der Waals surface area (Å²) in [4.78, 5) is 12.1. The number of ether oxygens (including phenoxy) is 1. The molecule has 0 aliphatic carbocycles. The third-order valence-electron chi connectivity index (χ3n) is 3.50. The monoisotopic (exact) mass is 254 g/mol. The lowest BCUT2D eigenvalue weighted by Gasteiger charge is -2.11. The third kappa shape index (κ3) is 2.84. The Balaban J connectivity index is 2.24. The van der Waals surface area contributed by atoms with E-state index < -0.39 is 0 Å². The fourth-order valence-electron chi connectivity index (χ4n) is 1.89. The van der Waals surface area contributed by atoms with Gasteiger partial charge in [-0.1, -0.05) is 23.8 Å². The number of benzene rings is 2. The summed E-state index contributed by atoms with van der Waals surface area (Å²) in [6.07, 6.45) is 0. The van der Waals surface area contributed by atoms with Gasteiger partial charge in [-0.15, -0.1) is 0 Å². The van der Waals surface area contributed by atoms with Gasteiger partial charge in [-0.05, 0) is 62.6 Å². The number of esters is 1. The maximum atomic E-state index is 12.1. The Kier molecular flexibility index (Phi) is 3.70. The third-order valence-corrected chi connectivity index (χ3v) is 3.50. The van der Waals surface area contributed by atoms with Gasteiger partial charge in [0.1, 0.15) is 5.75 Å². The van der Waals surface area contributed by atoms with Crippen LogP contribution < -0.4 is 4.74 Å². The van der Waals surface area contributed by atoms with Gasteiger partial charge in [0.2, 0.25) is 0 Å². The average molecular weight is 254 g/mol. The lowest BCUT2D eigenvalue weighted by Crippen LogP contribution is -2.09. The van der Waals surface area contributed by atoms with Gasteiger partial charge >= 0.3 is 5.97 Å². The van der Waals surface area contributed by atoms with Crippen LogP contribution in [0, 0.1) is 27.7 Å². The smallest absolute Gasteiger partial charge is 0.343 e. The van der Waals surface area contributed by atoms with E-state index in [4.69, 9.17) is 4.74 Å². The van der Waals surface area contributed by atoms with Crippen molar-refractivity contribution in [2.75, 3.05) is 0 Å². The maximum Gasteiger partial charge on any atom is 0.343 e. The summed E-state index contributed by atoms with van der Waals surface area (Å²) in [6, 6.07) is 11.2. The van der Waals surface area contributed by atoms with Gasteiger partial charge in [0.05, 0.1) is 5.56 Å². The van der Waals surface area contributed by atoms with Gasteiger partial charge in [0.15, 0.2) is 0 Å². The van der Waals surface area contributed by atoms with Crippen molar-refractivity contribution in [3.05, 3.63) is 64.2 Å². The normalized spacial score (nSPS) is 10.3. The number of hydrogen-bond donors (Lipinski definition) is 0. The molecule has 0 fully saturated rings. The van der Waals surface area contributed by atoms with Gasteiger partial charge < -0.3 is 4.74 Å². The SMILES string of the molecule is Cc1ccc(C(=O)Oc2ccc(C)c(C)c2C)cc1. The van der Waals surface area contributed by atoms with Crippen molar-refractivity contribution < 1.29 is 9.53 Å². The molecule has 2 aromatic rings. The van der Waals surface area contributed by atoms with E-state index in [9.17, 15) is 4.79 Å². The lowest BCUT2D eigenvalue weighted by molar-refractivity contribution is 0.0733. The van der Waals surface area contributed by atoms with E-state index >= 15 is 0 Å². The Labute approximate surface area is 114 Å². The zero-order valence-corrected chi connectivity index (χ0v) is 11.8. The van der Waals surface area contributed by atoms with Crippen molar-refractivity contribution in [2.45, 2.75) is 27.7 Å². The topological polar surface area (TPSA) is 26.3 Å². The zero-order chi connectivity index (χ0) is 14.0. The van der Waals surface area contributed by atoms with Crippen molar-refractivity contribution in [2.24, 2.45) is 0 Å². The van der Waals surface area contributed by atoms with Crippen LogP contribution >= 0.6 is 0 Å². The largest absolute Gasteiger partial charge is 0.423 e. The minimum atomic E-state index is -0.314. The molecule has 0 radical (unpaired) electrons. The first-order valence-corrected chi connectivity index (χ1v) is 6.34. The average Bonchev–Trinajstić information content (AvgIpc) is 2.40. The van der Waals surface area contributed by atoms with Crippen molar-refractivity contribution >= 4 is 5.97 Å². The molecule has 0 unspecified atom stereocenters. The Morgan fingerprint density at radius 3 is 2.11 bits per heavy atom. The van der Waals surface area contributed by atoms with Crippen LogP contribution in [0.3, 0.4) is 0 Å². The molecule has 98 valence electrons. The number of carbonyl (C=O) groups is 1. The summed E-state index contributed by atoms with van der Waals surface area (Å²) in [7, 11) is 0. The molecule has 2 rings (SSSR count). The predicted molar refractivity (Wildman–Crippen MR) is 76.8 cm³/mol. The molecular weight excluding hydrogens is 236 g/mol. The number of rotatable bonds is 2. The lowest BCUT2D eigenvalue weighted by atomic mass is 10.0. The molecule has 19 heavy (non-hydrogen) atoms. The summed E-state index contributed by atoms with van der Waals surface area (Å²) < 4.78 is 5.47. The summed E-state index contributed by atoms with van der Waals surface area (Å²) in [5.41, 5.74) is 5.07. The molecule has 0 saturated heterocycles. The molecule has 0 heterocycles. The van der Waals surface area contributed by atoms with E-state index in [1.807, 2.05) is 52.0 Å². The second-order valence-electron chi connectivity index (χ2n) is 4.89. The van der Waals surface area contributed by atoms with E-state index in [1.165, 1.54) is 5.56 Å². The Bertz CT molecular complexity index is 610. The van der Waals surface area contributed by atoms with E-state index in [-0.39, 0.29) is 5.97 Å². The Morgan fingerprint density at radius 1 is 0.842 bits per heavy atom. The maximum absolute atomic E-state index is 12.1. The van der Waals surface area contributed by atoms with E-state index in [0.717, 1.165) is 16.7 Å². The van der Waals surface area contributed by atoms with Gasteiger partial charge in [0.25, 0.3) is 0 Å². The first-order valence-electron chi connectivity index (χ1n) is 6.34. The molecule has 0 N–H and O–H groups in total. The summed E-state index contributed by atoms with van der Waals surface area (Å²) >= 11 is 0. The highest BCUT2D eigenvalue weighted by Crippen LogP contribution is 2.24. The molecule has 2 nitrogen and oxygen atoms in total. The second-order valence-corrected chi connectivity index (χ2v) is 4.89. The van der Waals surface area contributed by atoms with E-state index in [1.54, 1.807) is 12.1 Å². The minimum absolute atomic E-state index is 0.314. The molecule has 0 bridgehead atoms. The molecule has 0 aliphatic rings. The molecule has 2 heteroatoms. The molecule has 0 aromatic heterocycles. The minimum Gasteiger partial charge on any atom is -0.423 e. The molecule has 0 atom stereocenters. The highest BCUT2D eigenvalue weighted by Gasteiger charge is 2.11. The number of carbonyl (C=O) groups excluding carboxylic acids is 1. The molecule has 2 aromatic carbocycles. The summed E-state index contributed by atoms with van der Waals surface area (Å²) in [5.74, 6) is 0.319. The second kappa shape index (κ2) is 5.27. The van der Waals surface area contributed by atoms with Crippen LogP contribution in [0.1, 0.15) is 32.6 Å². The molecule has 0 aliphatic heterocycles. The highest BCUT2D eigenvalue weighted by atomic mass is 16.5. The Morgan fingerprint density at radius 2 is 1.47 bits per heavy atom. The van der Waals surface area contributed by atoms with Crippen molar-refractivity contribution in [3.8, 4) is 5.75 Å². The molecule has 0 spiro atoms. The standard InChI is InChI=1S/C17H18O2/c1-11-5-8-15(9-6-11)17(18)19-16-10-7-12(2)13(3)14(16)4/h5-10H,1-4H3. The number of aryl methyl sites for hydroxylation is 2. The first kappa shape index (κ1) is 13.3. The van der Waals surface area contributed by atoms with Crippen LogP contribution in [0.15, 0.2) is 36.4 Å². The van der Waals surface area contributed by atoms with Crippen molar-refractivity contribution in [1.82, 2.24) is 0 Å². The van der Waals surface area contributed by atoms with E-state index in [2.05, 4.69) is 0 Å². The van der Waals surface area contributed by atoms with Crippen molar-refractivity contribution in [1.29, 1.82) is 0 Å². The quantitative estimate of drug-likeness (QED) is 0.594. The van der Waals surface area contributed by atoms with Gasteiger partial charge in [-0.25, -0.2) is 4.79 Å². The van der Waals surface area contributed by atoms with Crippen LogP contribution in [0.4, 0.5) is 0 Å². The molecule has 0 saturated carbocycles. The van der Waals surface area contributed by atoms with E-state index in [0.29, 0.717) is 11.3 Å². The van der Waals surface area contributed by atoms with Gasteiger partial charge in [0, 0.05) is 0 Å². The molecular formula is C17H18O2. The summed E-state index contributed by atoms with van der Waals surface area (Å²) in [5, 5.41) is 0. The summed E-state index contributed by atoms with van der Waals surface area (Å²) in [6.45, 7) is 8.05. The predicted octanol–water partition coefficient (Wildman–Crippen LogP) is 4.14. The highest BCUT2D eigenvalue weighted by molar-refractivity contribution is 5.91.